The molecule has 0 fully saturated rings. The number of aryl methyl sites for hydroxylation is 1. The number of hydrogen-bond donors (Lipinski definition) is 1. The van der Waals surface area contributed by atoms with E-state index < -0.39 is 0 Å². The first-order valence-electron chi connectivity index (χ1n) is 7.05. The Morgan fingerprint density at radius 2 is 1.72 bits per heavy atom. The van der Waals surface area contributed by atoms with Gasteiger partial charge in [0.2, 0.25) is 0 Å². The molecule has 0 aliphatic rings. The zero-order valence-electron chi connectivity index (χ0n) is 11.3. The fraction of sp³-hybridized carbons (Fsp3) is 0.562. The lowest BCUT2D eigenvalue weighted by molar-refractivity contribution is 0.112. The Morgan fingerprint density at radius 3 is 2.33 bits per heavy atom. The van der Waals surface area contributed by atoms with E-state index in [1.165, 1.54) is 38.5 Å². The number of unbranched alkanes of at least 4 members (excludes halogenated alkanes) is 6. The molecule has 0 radical (unpaired) electrons. The normalized spacial score (nSPS) is 10.5. The van der Waals surface area contributed by atoms with Gasteiger partial charge in [0.15, 0.2) is 6.29 Å². The number of hydrogen-bond acceptors (Lipinski definition) is 2. The van der Waals surface area contributed by atoms with Gasteiger partial charge in [-0.1, -0.05) is 51.5 Å². The lowest BCUT2D eigenvalue weighted by Crippen LogP contribution is -1.89. The maximum atomic E-state index is 10.6. The average molecular weight is 248 g/mol. The van der Waals surface area contributed by atoms with Gasteiger partial charge in [-0.05, 0) is 30.5 Å². The molecule has 2 nitrogen and oxygen atoms in total. The third-order valence-electron chi connectivity index (χ3n) is 3.29. The van der Waals surface area contributed by atoms with E-state index in [2.05, 4.69) is 6.92 Å². The van der Waals surface area contributed by atoms with Crippen LogP contribution in [0.2, 0.25) is 0 Å². The van der Waals surface area contributed by atoms with Gasteiger partial charge in [0.25, 0.3) is 0 Å². The van der Waals surface area contributed by atoms with Crippen LogP contribution in [-0.4, -0.2) is 11.4 Å². The predicted molar refractivity (Wildman–Crippen MR) is 75.2 cm³/mol. The molecule has 0 unspecified atom stereocenters. The smallest absolute Gasteiger partial charge is 0.153 e. The Balaban J connectivity index is 2.19. The molecule has 0 aliphatic heterocycles. The van der Waals surface area contributed by atoms with Crippen LogP contribution in [0, 0.1) is 0 Å². The van der Waals surface area contributed by atoms with Gasteiger partial charge < -0.3 is 5.11 Å². The van der Waals surface area contributed by atoms with Crippen LogP contribution in [-0.2, 0) is 6.42 Å². The van der Waals surface area contributed by atoms with E-state index in [1.54, 1.807) is 12.1 Å². The molecule has 0 aromatic heterocycles. The quantitative estimate of drug-likeness (QED) is 0.516. The average Bonchev–Trinajstić information content (AvgIpc) is 2.38. The van der Waals surface area contributed by atoms with Gasteiger partial charge in [0.05, 0.1) is 5.56 Å². The van der Waals surface area contributed by atoms with Gasteiger partial charge in [0.1, 0.15) is 5.75 Å². The van der Waals surface area contributed by atoms with Gasteiger partial charge in [0, 0.05) is 0 Å². The van der Waals surface area contributed by atoms with E-state index in [0.29, 0.717) is 11.8 Å². The molecule has 1 N–H and O–H groups in total. The zero-order valence-corrected chi connectivity index (χ0v) is 11.3. The van der Waals surface area contributed by atoms with Crippen molar-refractivity contribution in [3.63, 3.8) is 0 Å². The number of benzene rings is 1. The largest absolute Gasteiger partial charge is 0.507 e. The number of aromatic hydroxyl groups is 1. The van der Waals surface area contributed by atoms with Crippen LogP contribution < -0.4 is 0 Å². The molecule has 0 heterocycles. The van der Waals surface area contributed by atoms with E-state index in [9.17, 15) is 9.90 Å². The molecule has 0 amide bonds. The van der Waals surface area contributed by atoms with Gasteiger partial charge >= 0.3 is 0 Å². The molecule has 1 rings (SSSR count). The molecule has 100 valence electrons. The van der Waals surface area contributed by atoms with Crippen LogP contribution >= 0.6 is 0 Å². The van der Waals surface area contributed by atoms with Gasteiger partial charge in [-0.2, -0.15) is 0 Å². The summed E-state index contributed by atoms with van der Waals surface area (Å²) in [6.07, 6.45) is 10.7. The first-order valence-corrected chi connectivity index (χ1v) is 7.05. The summed E-state index contributed by atoms with van der Waals surface area (Å²) >= 11 is 0. The fourth-order valence-electron chi connectivity index (χ4n) is 2.13. The Morgan fingerprint density at radius 1 is 1.06 bits per heavy atom. The van der Waals surface area contributed by atoms with Crippen LogP contribution in [0.15, 0.2) is 18.2 Å². The summed E-state index contributed by atoms with van der Waals surface area (Å²) in [5.41, 5.74) is 1.49. The Kier molecular flexibility index (Phi) is 7.16. The molecule has 1 aromatic rings. The van der Waals surface area contributed by atoms with Crippen molar-refractivity contribution >= 4 is 6.29 Å². The van der Waals surface area contributed by atoms with Gasteiger partial charge in [-0.15, -0.1) is 0 Å². The zero-order chi connectivity index (χ0) is 13.2. The van der Waals surface area contributed by atoms with Crippen LogP contribution in [0.4, 0.5) is 0 Å². The highest BCUT2D eigenvalue weighted by atomic mass is 16.3. The number of phenolic OH excluding ortho intramolecular Hbond substituents is 1. The van der Waals surface area contributed by atoms with Crippen LogP contribution in [0.3, 0.4) is 0 Å². The highest BCUT2D eigenvalue weighted by molar-refractivity contribution is 5.79. The van der Waals surface area contributed by atoms with Crippen molar-refractivity contribution in [2.75, 3.05) is 0 Å². The molecule has 2 heteroatoms. The molecular weight excluding hydrogens is 224 g/mol. The van der Waals surface area contributed by atoms with Crippen molar-refractivity contribution in [1.82, 2.24) is 0 Å². The molecule has 0 atom stereocenters. The fourth-order valence-corrected chi connectivity index (χ4v) is 2.13. The van der Waals surface area contributed by atoms with Crippen LogP contribution in [0.5, 0.6) is 5.75 Å². The second kappa shape index (κ2) is 8.73. The first kappa shape index (κ1) is 14.7. The number of rotatable bonds is 9. The van der Waals surface area contributed by atoms with Gasteiger partial charge in [-0.3, -0.25) is 4.79 Å². The minimum Gasteiger partial charge on any atom is -0.507 e. The highest BCUT2D eigenvalue weighted by Gasteiger charge is 2.01. The maximum Gasteiger partial charge on any atom is 0.153 e. The van der Waals surface area contributed by atoms with Crippen molar-refractivity contribution in [3.8, 4) is 5.75 Å². The summed E-state index contributed by atoms with van der Waals surface area (Å²) in [7, 11) is 0. The number of carbonyl (C=O) groups is 1. The summed E-state index contributed by atoms with van der Waals surface area (Å²) in [6, 6.07) is 5.33. The van der Waals surface area contributed by atoms with E-state index in [1.807, 2.05) is 6.07 Å². The minimum absolute atomic E-state index is 0.102. The molecular formula is C16H24O2. The monoisotopic (exact) mass is 248 g/mol. The SMILES string of the molecule is CCCCCCCCCc1ccc(C=O)c(O)c1. The van der Waals surface area contributed by atoms with E-state index in [4.69, 9.17) is 0 Å². The minimum atomic E-state index is 0.102. The molecule has 0 saturated heterocycles. The van der Waals surface area contributed by atoms with Crippen molar-refractivity contribution in [3.05, 3.63) is 29.3 Å². The first-order chi connectivity index (χ1) is 8.77. The second-order valence-electron chi connectivity index (χ2n) is 4.88. The Hall–Kier alpha value is -1.31. The molecule has 0 spiro atoms. The van der Waals surface area contributed by atoms with Crippen molar-refractivity contribution in [2.24, 2.45) is 0 Å². The molecule has 0 aliphatic carbocycles. The lowest BCUT2D eigenvalue weighted by Gasteiger charge is -2.04. The van der Waals surface area contributed by atoms with Gasteiger partial charge in [-0.25, -0.2) is 0 Å². The number of carbonyl (C=O) groups excluding carboxylic acids is 1. The maximum absolute atomic E-state index is 10.6. The second-order valence-corrected chi connectivity index (χ2v) is 4.88. The van der Waals surface area contributed by atoms with Crippen LogP contribution in [0.1, 0.15) is 67.8 Å². The topological polar surface area (TPSA) is 37.3 Å². The standard InChI is InChI=1S/C16H24O2/c1-2-3-4-5-6-7-8-9-14-10-11-15(13-17)16(18)12-14/h10-13,18H,2-9H2,1H3. The van der Waals surface area contributed by atoms with Crippen molar-refractivity contribution in [2.45, 2.75) is 58.3 Å². The van der Waals surface area contributed by atoms with E-state index >= 15 is 0 Å². The summed E-state index contributed by atoms with van der Waals surface area (Å²) in [5, 5.41) is 9.56. The number of phenols is 1. The van der Waals surface area contributed by atoms with Crippen molar-refractivity contribution < 1.29 is 9.90 Å². The summed E-state index contributed by atoms with van der Waals surface area (Å²) < 4.78 is 0. The lowest BCUT2D eigenvalue weighted by atomic mass is 10.0. The summed E-state index contributed by atoms with van der Waals surface area (Å²) in [6.45, 7) is 2.23. The Labute approximate surface area is 110 Å². The van der Waals surface area contributed by atoms with Crippen LogP contribution in [0.25, 0.3) is 0 Å². The van der Waals surface area contributed by atoms with Crippen molar-refractivity contribution in [1.29, 1.82) is 0 Å². The molecule has 0 bridgehead atoms. The highest BCUT2D eigenvalue weighted by Crippen LogP contribution is 2.18. The van der Waals surface area contributed by atoms with E-state index in [-0.39, 0.29) is 5.75 Å². The third-order valence-corrected chi connectivity index (χ3v) is 3.29. The molecule has 1 aromatic carbocycles. The summed E-state index contributed by atoms with van der Waals surface area (Å²) in [5.74, 6) is 0.102. The summed E-state index contributed by atoms with van der Waals surface area (Å²) in [4.78, 5) is 10.6. The number of aldehydes is 1. The predicted octanol–water partition coefficient (Wildman–Crippen LogP) is 4.50. The molecule has 0 saturated carbocycles. The Bertz CT molecular complexity index is 358. The van der Waals surface area contributed by atoms with E-state index in [0.717, 1.165) is 18.4 Å². The third kappa shape index (κ3) is 5.35. The molecule has 18 heavy (non-hydrogen) atoms.